The molecule has 0 radical (unpaired) electrons. The molecule has 0 spiro atoms. The van der Waals surface area contributed by atoms with Crippen LogP contribution in [-0.4, -0.2) is 30.3 Å². The quantitative estimate of drug-likeness (QED) is 0.848. The van der Waals surface area contributed by atoms with E-state index in [0.717, 1.165) is 10.0 Å². The summed E-state index contributed by atoms with van der Waals surface area (Å²) in [5, 5.41) is 2.60. The van der Waals surface area contributed by atoms with Crippen molar-refractivity contribution >= 4 is 27.7 Å². The van der Waals surface area contributed by atoms with E-state index in [0.29, 0.717) is 11.1 Å². The van der Waals surface area contributed by atoms with Gasteiger partial charge in [-0.2, -0.15) is 0 Å². The zero-order valence-electron chi connectivity index (χ0n) is 13.5. The summed E-state index contributed by atoms with van der Waals surface area (Å²) in [5.41, 5.74) is 1.78. The van der Waals surface area contributed by atoms with Crippen LogP contribution in [0.5, 0.6) is 0 Å². The van der Waals surface area contributed by atoms with E-state index in [1.165, 1.54) is 11.0 Å². The van der Waals surface area contributed by atoms with E-state index in [4.69, 9.17) is 0 Å². The summed E-state index contributed by atoms with van der Waals surface area (Å²) in [4.78, 5) is 25.6. The molecule has 0 heterocycles. The van der Waals surface area contributed by atoms with E-state index in [1.807, 2.05) is 19.1 Å². The lowest BCUT2D eigenvalue weighted by atomic mass is 10.1. The van der Waals surface area contributed by atoms with Gasteiger partial charge in [-0.05, 0) is 36.8 Å². The number of halogens is 2. The fourth-order valence-electron chi connectivity index (χ4n) is 2.22. The van der Waals surface area contributed by atoms with Crippen LogP contribution in [-0.2, 0) is 11.3 Å². The lowest BCUT2D eigenvalue weighted by molar-refractivity contribution is -0.129. The first-order chi connectivity index (χ1) is 11.4. The van der Waals surface area contributed by atoms with Crippen LogP contribution in [0, 0.1) is 12.7 Å². The van der Waals surface area contributed by atoms with Gasteiger partial charge in [0.05, 0.1) is 6.54 Å². The molecule has 2 aromatic rings. The number of amides is 2. The summed E-state index contributed by atoms with van der Waals surface area (Å²) < 4.78 is 14.5. The van der Waals surface area contributed by atoms with Gasteiger partial charge < -0.3 is 10.2 Å². The summed E-state index contributed by atoms with van der Waals surface area (Å²) in [6, 6.07) is 11.7. The number of carbonyl (C=O) groups is 2. The van der Waals surface area contributed by atoms with Crippen molar-refractivity contribution in [2.24, 2.45) is 0 Å². The Morgan fingerprint density at radius 1 is 1.21 bits per heavy atom. The van der Waals surface area contributed by atoms with Crippen molar-refractivity contribution in [1.82, 2.24) is 10.2 Å². The van der Waals surface area contributed by atoms with Crippen molar-refractivity contribution < 1.29 is 14.0 Å². The average molecular weight is 393 g/mol. The number of hydrogen-bond donors (Lipinski definition) is 1. The van der Waals surface area contributed by atoms with Gasteiger partial charge in [0.2, 0.25) is 5.91 Å². The van der Waals surface area contributed by atoms with Crippen LogP contribution in [0.15, 0.2) is 46.9 Å². The maximum atomic E-state index is 13.7. The van der Waals surface area contributed by atoms with Gasteiger partial charge in [-0.25, -0.2) is 4.39 Å². The maximum Gasteiger partial charge on any atom is 0.251 e. The van der Waals surface area contributed by atoms with E-state index in [2.05, 4.69) is 21.2 Å². The van der Waals surface area contributed by atoms with E-state index >= 15 is 0 Å². The van der Waals surface area contributed by atoms with E-state index in [-0.39, 0.29) is 30.7 Å². The molecule has 1 N–H and O–H groups in total. The molecule has 126 valence electrons. The molecular formula is C18H18BrFN2O2. The fraction of sp³-hybridized carbons (Fsp3) is 0.222. The topological polar surface area (TPSA) is 49.4 Å². The molecule has 0 atom stereocenters. The van der Waals surface area contributed by atoms with Crippen LogP contribution >= 0.6 is 15.9 Å². The number of aryl methyl sites for hydroxylation is 1. The first kappa shape index (κ1) is 18.1. The van der Waals surface area contributed by atoms with Crippen LogP contribution in [0.1, 0.15) is 21.5 Å². The molecule has 0 unspecified atom stereocenters. The van der Waals surface area contributed by atoms with Crippen molar-refractivity contribution in [3.8, 4) is 0 Å². The highest BCUT2D eigenvalue weighted by Gasteiger charge is 2.14. The standard InChI is InChI=1S/C18H18BrFN2O2/c1-12-5-3-4-6-15(12)18(24)21-10-17(23)22(2)11-13-9-14(19)7-8-16(13)20/h3-9H,10-11H2,1-2H3,(H,21,24). The normalized spacial score (nSPS) is 10.3. The van der Waals surface area contributed by atoms with E-state index in [9.17, 15) is 14.0 Å². The molecule has 2 amide bonds. The second-order valence-electron chi connectivity index (χ2n) is 5.48. The Morgan fingerprint density at radius 2 is 1.92 bits per heavy atom. The van der Waals surface area contributed by atoms with Crippen molar-refractivity contribution in [2.75, 3.05) is 13.6 Å². The van der Waals surface area contributed by atoms with Crippen LogP contribution < -0.4 is 5.32 Å². The molecular weight excluding hydrogens is 375 g/mol. The predicted octanol–water partition coefficient (Wildman–Crippen LogP) is 3.29. The minimum absolute atomic E-state index is 0.129. The molecule has 0 aliphatic rings. The second-order valence-corrected chi connectivity index (χ2v) is 6.40. The van der Waals surface area contributed by atoms with Gasteiger partial charge in [-0.15, -0.1) is 0 Å². The molecule has 0 saturated heterocycles. The van der Waals surface area contributed by atoms with Gasteiger partial charge in [-0.3, -0.25) is 9.59 Å². The molecule has 4 nitrogen and oxygen atoms in total. The number of nitrogens with zero attached hydrogens (tertiary/aromatic N) is 1. The van der Waals surface area contributed by atoms with Gasteiger partial charge in [-0.1, -0.05) is 34.1 Å². The lowest BCUT2D eigenvalue weighted by Gasteiger charge is -2.18. The zero-order valence-corrected chi connectivity index (χ0v) is 15.1. The van der Waals surface area contributed by atoms with Crippen molar-refractivity contribution in [1.29, 1.82) is 0 Å². The van der Waals surface area contributed by atoms with Crippen LogP contribution in [0.3, 0.4) is 0 Å². The van der Waals surface area contributed by atoms with Gasteiger partial charge in [0.1, 0.15) is 5.82 Å². The first-order valence-electron chi connectivity index (χ1n) is 7.40. The summed E-state index contributed by atoms with van der Waals surface area (Å²) in [6.07, 6.45) is 0. The van der Waals surface area contributed by atoms with Crippen molar-refractivity contribution in [3.05, 3.63) is 69.4 Å². The maximum absolute atomic E-state index is 13.7. The summed E-state index contributed by atoms with van der Waals surface area (Å²) in [6.45, 7) is 1.82. The fourth-order valence-corrected chi connectivity index (χ4v) is 2.63. The SMILES string of the molecule is Cc1ccccc1C(=O)NCC(=O)N(C)Cc1cc(Br)ccc1F. The summed E-state index contributed by atoms with van der Waals surface area (Å²) in [5.74, 6) is -0.971. The third-order valence-corrected chi connectivity index (χ3v) is 4.12. The Morgan fingerprint density at radius 3 is 2.62 bits per heavy atom. The number of rotatable bonds is 5. The third kappa shape index (κ3) is 4.64. The first-order valence-corrected chi connectivity index (χ1v) is 8.19. The van der Waals surface area contributed by atoms with Crippen LogP contribution in [0.4, 0.5) is 4.39 Å². The monoisotopic (exact) mass is 392 g/mol. The predicted molar refractivity (Wildman–Crippen MR) is 94.1 cm³/mol. The molecule has 0 aromatic heterocycles. The Kier molecular flexibility index (Phi) is 6.09. The Balaban J connectivity index is 1.93. The molecule has 6 heteroatoms. The van der Waals surface area contributed by atoms with E-state index < -0.39 is 0 Å². The molecule has 0 saturated carbocycles. The Bertz CT molecular complexity index is 764. The Labute approximate surface area is 148 Å². The zero-order chi connectivity index (χ0) is 17.7. The number of likely N-dealkylation sites (N-methyl/N-ethyl adjacent to an activating group) is 1. The molecule has 2 aromatic carbocycles. The minimum Gasteiger partial charge on any atom is -0.343 e. The van der Waals surface area contributed by atoms with Gasteiger partial charge in [0.15, 0.2) is 0 Å². The Hall–Kier alpha value is -2.21. The average Bonchev–Trinajstić information content (AvgIpc) is 2.56. The molecule has 0 bridgehead atoms. The highest BCUT2D eigenvalue weighted by atomic mass is 79.9. The third-order valence-electron chi connectivity index (χ3n) is 3.63. The number of hydrogen-bond acceptors (Lipinski definition) is 2. The van der Waals surface area contributed by atoms with Gasteiger partial charge in [0, 0.05) is 29.2 Å². The van der Waals surface area contributed by atoms with Crippen LogP contribution in [0.2, 0.25) is 0 Å². The number of nitrogens with one attached hydrogen (secondary N) is 1. The number of carbonyl (C=O) groups excluding carboxylic acids is 2. The lowest BCUT2D eigenvalue weighted by Crippen LogP contribution is -2.38. The molecule has 0 aliphatic carbocycles. The smallest absolute Gasteiger partial charge is 0.251 e. The van der Waals surface area contributed by atoms with Gasteiger partial charge >= 0.3 is 0 Å². The largest absolute Gasteiger partial charge is 0.343 e. The van der Waals surface area contributed by atoms with Crippen molar-refractivity contribution in [3.63, 3.8) is 0 Å². The summed E-state index contributed by atoms with van der Waals surface area (Å²) in [7, 11) is 1.57. The molecule has 0 fully saturated rings. The second kappa shape index (κ2) is 8.06. The van der Waals surface area contributed by atoms with Crippen LogP contribution in [0.25, 0.3) is 0 Å². The minimum atomic E-state index is -0.373. The molecule has 24 heavy (non-hydrogen) atoms. The summed E-state index contributed by atoms with van der Waals surface area (Å²) >= 11 is 3.28. The van der Waals surface area contributed by atoms with Crippen molar-refractivity contribution in [2.45, 2.75) is 13.5 Å². The molecule has 0 aliphatic heterocycles. The highest BCUT2D eigenvalue weighted by molar-refractivity contribution is 9.10. The number of benzene rings is 2. The highest BCUT2D eigenvalue weighted by Crippen LogP contribution is 2.16. The van der Waals surface area contributed by atoms with E-state index in [1.54, 1.807) is 31.3 Å². The van der Waals surface area contributed by atoms with Gasteiger partial charge in [0.25, 0.3) is 5.91 Å². The molecule has 2 rings (SSSR count).